The Morgan fingerprint density at radius 2 is 1.95 bits per heavy atom. The van der Waals surface area contributed by atoms with Gasteiger partial charge in [0.2, 0.25) is 0 Å². The Hall–Kier alpha value is -1.52. The van der Waals surface area contributed by atoms with E-state index in [2.05, 4.69) is 39.3 Å². The summed E-state index contributed by atoms with van der Waals surface area (Å²) >= 11 is 9.38. The van der Waals surface area contributed by atoms with Crippen LogP contribution in [-0.2, 0) is 0 Å². The van der Waals surface area contributed by atoms with E-state index < -0.39 is 0 Å². The maximum Gasteiger partial charge on any atom is 0.145 e. The highest BCUT2D eigenvalue weighted by Gasteiger charge is 2.17. The van der Waals surface area contributed by atoms with E-state index >= 15 is 0 Å². The molecule has 0 aliphatic carbocycles. The molecule has 5 heteroatoms. The lowest BCUT2D eigenvalue weighted by molar-refractivity contribution is 0.476. The molecule has 21 heavy (non-hydrogen) atoms. The molecule has 108 valence electrons. The van der Waals surface area contributed by atoms with Gasteiger partial charge in [-0.2, -0.15) is 0 Å². The molecule has 0 spiro atoms. The third-order valence-electron chi connectivity index (χ3n) is 3.37. The molecule has 0 radical (unpaired) electrons. The van der Waals surface area contributed by atoms with Crippen molar-refractivity contribution in [1.29, 1.82) is 0 Å². The highest BCUT2D eigenvalue weighted by atomic mass is 79.9. The molecule has 0 bridgehead atoms. The van der Waals surface area contributed by atoms with Crippen LogP contribution in [-0.4, -0.2) is 14.7 Å². The van der Waals surface area contributed by atoms with E-state index in [1.807, 2.05) is 18.2 Å². The van der Waals surface area contributed by atoms with Gasteiger partial charge in [0.15, 0.2) is 0 Å². The van der Waals surface area contributed by atoms with Crippen molar-refractivity contribution in [1.82, 2.24) is 9.55 Å². The summed E-state index contributed by atoms with van der Waals surface area (Å²) < 4.78 is 3.10. The van der Waals surface area contributed by atoms with Crippen molar-refractivity contribution >= 4 is 38.6 Å². The summed E-state index contributed by atoms with van der Waals surface area (Å²) in [7, 11) is 0. The van der Waals surface area contributed by atoms with E-state index in [-0.39, 0.29) is 11.8 Å². The summed E-state index contributed by atoms with van der Waals surface area (Å²) in [6.45, 7) is 4.19. The van der Waals surface area contributed by atoms with E-state index in [4.69, 9.17) is 11.6 Å². The predicted molar refractivity (Wildman–Crippen MR) is 89.9 cm³/mol. The number of phenols is 1. The zero-order valence-corrected chi connectivity index (χ0v) is 14.0. The summed E-state index contributed by atoms with van der Waals surface area (Å²) in [6.07, 6.45) is 0. The molecule has 0 aliphatic heterocycles. The highest BCUT2D eigenvalue weighted by Crippen LogP contribution is 2.35. The lowest BCUT2D eigenvalue weighted by Crippen LogP contribution is -2.03. The summed E-state index contributed by atoms with van der Waals surface area (Å²) in [5.41, 5.74) is 2.61. The molecule has 1 N–H and O–H groups in total. The van der Waals surface area contributed by atoms with E-state index in [1.54, 1.807) is 12.1 Å². The number of aromatic hydroxyl groups is 1. The Balaban J connectivity index is 2.33. The Labute approximate surface area is 136 Å². The van der Waals surface area contributed by atoms with Crippen molar-refractivity contribution in [3.63, 3.8) is 0 Å². The number of halogens is 2. The summed E-state index contributed by atoms with van der Waals surface area (Å²) in [5, 5.41) is 10.7. The average Bonchev–Trinajstić information content (AvgIpc) is 2.76. The molecule has 0 saturated heterocycles. The standard InChI is InChI=1S/C16H14BrClN2O/c1-9(2)20-14-6-3-10(17)7-13(14)19-16(20)12-5-4-11(18)8-15(12)21/h3-9,21H,1-2H3. The molecule has 3 aromatic rings. The third-order valence-corrected chi connectivity index (χ3v) is 4.10. The first-order valence-corrected chi connectivity index (χ1v) is 7.81. The topological polar surface area (TPSA) is 38.0 Å². The number of hydrogen-bond donors (Lipinski definition) is 1. The van der Waals surface area contributed by atoms with E-state index in [0.29, 0.717) is 10.6 Å². The molecule has 3 rings (SSSR count). The number of nitrogens with zero attached hydrogens (tertiary/aromatic N) is 2. The fourth-order valence-electron chi connectivity index (χ4n) is 2.48. The van der Waals surface area contributed by atoms with Gasteiger partial charge in [0.25, 0.3) is 0 Å². The minimum atomic E-state index is 0.138. The van der Waals surface area contributed by atoms with Gasteiger partial charge in [0, 0.05) is 15.5 Å². The normalized spacial score (nSPS) is 11.5. The van der Waals surface area contributed by atoms with Crippen molar-refractivity contribution in [2.45, 2.75) is 19.9 Å². The van der Waals surface area contributed by atoms with Crippen LogP contribution in [0.15, 0.2) is 40.9 Å². The summed E-state index contributed by atoms with van der Waals surface area (Å²) in [4.78, 5) is 4.69. The fourth-order valence-corrected chi connectivity index (χ4v) is 2.99. The lowest BCUT2D eigenvalue weighted by atomic mass is 10.2. The number of hydrogen-bond acceptors (Lipinski definition) is 2. The molecule has 0 saturated carbocycles. The summed E-state index contributed by atoms with van der Waals surface area (Å²) in [5.74, 6) is 0.881. The molecular weight excluding hydrogens is 352 g/mol. The second-order valence-electron chi connectivity index (χ2n) is 5.19. The quantitative estimate of drug-likeness (QED) is 0.659. The van der Waals surface area contributed by atoms with Crippen LogP contribution in [0.3, 0.4) is 0 Å². The van der Waals surface area contributed by atoms with Crippen molar-refractivity contribution in [3.05, 3.63) is 45.9 Å². The molecule has 0 amide bonds. The zero-order chi connectivity index (χ0) is 15.1. The number of imidazole rings is 1. The molecule has 3 nitrogen and oxygen atoms in total. The average molecular weight is 366 g/mol. The van der Waals surface area contributed by atoms with Crippen LogP contribution in [0, 0.1) is 0 Å². The van der Waals surface area contributed by atoms with Gasteiger partial charge in [-0.15, -0.1) is 0 Å². The van der Waals surface area contributed by atoms with Crippen LogP contribution in [0.5, 0.6) is 5.75 Å². The van der Waals surface area contributed by atoms with Gasteiger partial charge in [-0.05, 0) is 50.2 Å². The van der Waals surface area contributed by atoms with Crippen molar-refractivity contribution in [2.75, 3.05) is 0 Å². The first kappa shape index (κ1) is 14.4. The van der Waals surface area contributed by atoms with Crippen LogP contribution in [0.4, 0.5) is 0 Å². The number of benzene rings is 2. The molecule has 0 unspecified atom stereocenters. The lowest BCUT2D eigenvalue weighted by Gasteiger charge is -2.14. The van der Waals surface area contributed by atoms with Crippen molar-refractivity contribution in [3.8, 4) is 17.1 Å². The monoisotopic (exact) mass is 364 g/mol. The number of aromatic nitrogens is 2. The highest BCUT2D eigenvalue weighted by molar-refractivity contribution is 9.10. The SMILES string of the molecule is CC(C)n1c(-c2ccc(Cl)cc2O)nc2cc(Br)ccc21. The molecular formula is C16H14BrClN2O. The number of phenolic OH excluding ortho intramolecular Hbond substituents is 1. The van der Waals surface area contributed by atoms with Gasteiger partial charge < -0.3 is 9.67 Å². The molecule has 0 atom stereocenters. The molecule has 0 aliphatic rings. The third kappa shape index (κ3) is 2.54. The van der Waals surface area contributed by atoms with E-state index in [9.17, 15) is 5.11 Å². The van der Waals surface area contributed by atoms with Crippen LogP contribution in [0.25, 0.3) is 22.4 Å². The number of rotatable bonds is 2. The van der Waals surface area contributed by atoms with Crippen LogP contribution in [0.1, 0.15) is 19.9 Å². The second-order valence-corrected chi connectivity index (χ2v) is 6.55. The second kappa shape index (κ2) is 5.35. The Morgan fingerprint density at radius 1 is 1.19 bits per heavy atom. The maximum absolute atomic E-state index is 10.2. The first-order chi connectivity index (χ1) is 9.97. The largest absolute Gasteiger partial charge is 0.507 e. The fraction of sp³-hybridized carbons (Fsp3) is 0.188. The molecule has 1 heterocycles. The van der Waals surface area contributed by atoms with Crippen molar-refractivity contribution < 1.29 is 5.11 Å². The van der Waals surface area contributed by atoms with Gasteiger partial charge in [-0.25, -0.2) is 4.98 Å². The summed E-state index contributed by atoms with van der Waals surface area (Å²) in [6, 6.07) is 11.3. The van der Waals surface area contributed by atoms with Gasteiger partial charge in [-0.1, -0.05) is 27.5 Å². The minimum absolute atomic E-state index is 0.138. The zero-order valence-electron chi connectivity index (χ0n) is 11.6. The predicted octanol–water partition coefficient (Wildman–Crippen LogP) is 5.41. The van der Waals surface area contributed by atoms with Crippen LogP contribution >= 0.6 is 27.5 Å². The van der Waals surface area contributed by atoms with Gasteiger partial charge in [0.05, 0.1) is 16.6 Å². The van der Waals surface area contributed by atoms with E-state index in [0.717, 1.165) is 21.3 Å². The Bertz CT molecular complexity index is 827. The molecule has 0 fully saturated rings. The number of fused-ring (bicyclic) bond motifs is 1. The maximum atomic E-state index is 10.2. The molecule has 2 aromatic carbocycles. The van der Waals surface area contributed by atoms with Crippen LogP contribution < -0.4 is 0 Å². The van der Waals surface area contributed by atoms with Crippen molar-refractivity contribution in [2.24, 2.45) is 0 Å². The van der Waals surface area contributed by atoms with Gasteiger partial charge >= 0.3 is 0 Å². The first-order valence-electron chi connectivity index (χ1n) is 6.63. The smallest absolute Gasteiger partial charge is 0.145 e. The minimum Gasteiger partial charge on any atom is -0.507 e. The Morgan fingerprint density at radius 3 is 2.62 bits per heavy atom. The van der Waals surface area contributed by atoms with Crippen LogP contribution in [0.2, 0.25) is 5.02 Å². The van der Waals surface area contributed by atoms with E-state index in [1.165, 1.54) is 6.07 Å². The van der Waals surface area contributed by atoms with Gasteiger partial charge in [0.1, 0.15) is 11.6 Å². The van der Waals surface area contributed by atoms with Gasteiger partial charge in [-0.3, -0.25) is 0 Å². The Kier molecular flexibility index (Phi) is 3.68. The molecule has 1 aromatic heterocycles.